The van der Waals surface area contributed by atoms with Crippen molar-refractivity contribution < 1.29 is 9.53 Å². The van der Waals surface area contributed by atoms with Gasteiger partial charge >= 0.3 is 0 Å². The normalized spacial score (nSPS) is 11.5. The number of imidazole rings is 1. The molecule has 2 rings (SSSR count). The molecule has 1 atom stereocenters. The first-order chi connectivity index (χ1) is 9.70. The van der Waals surface area contributed by atoms with Crippen LogP contribution in [0, 0.1) is 0 Å². The maximum atomic E-state index is 11.8. The number of methoxy groups -OCH3 is 1. The largest absolute Gasteiger partial charge is 0.383 e. The van der Waals surface area contributed by atoms with E-state index in [4.69, 9.17) is 10.5 Å². The average molecular weight is 311 g/mol. The Bertz CT molecular complexity index is 559. The van der Waals surface area contributed by atoms with E-state index in [0.717, 1.165) is 5.56 Å². The van der Waals surface area contributed by atoms with Crippen LogP contribution >= 0.6 is 12.4 Å². The highest BCUT2D eigenvalue weighted by Gasteiger charge is 2.15. The van der Waals surface area contributed by atoms with Crippen LogP contribution in [0.2, 0.25) is 0 Å². The molecule has 0 fully saturated rings. The van der Waals surface area contributed by atoms with Gasteiger partial charge in [0.25, 0.3) is 0 Å². The summed E-state index contributed by atoms with van der Waals surface area (Å²) in [6.07, 6.45) is 3.45. The second-order valence-electron chi connectivity index (χ2n) is 4.42. The fourth-order valence-corrected chi connectivity index (χ4v) is 1.80. The SMILES string of the molecule is COCC(N)C(=O)Nc1nccn1Cc1ccccc1.Cl. The lowest BCUT2D eigenvalue weighted by Crippen LogP contribution is -2.39. The van der Waals surface area contributed by atoms with Crippen LogP contribution in [0.25, 0.3) is 0 Å². The third-order valence-electron chi connectivity index (χ3n) is 2.83. The lowest BCUT2D eigenvalue weighted by atomic mass is 10.2. The van der Waals surface area contributed by atoms with Crippen molar-refractivity contribution >= 4 is 24.3 Å². The van der Waals surface area contributed by atoms with Gasteiger partial charge in [0.1, 0.15) is 6.04 Å². The van der Waals surface area contributed by atoms with E-state index >= 15 is 0 Å². The lowest BCUT2D eigenvalue weighted by molar-refractivity contribution is -0.118. The zero-order chi connectivity index (χ0) is 14.4. The highest BCUT2D eigenvalue weighted by atomic mass is 35.5. The van der Waals surface area contributed by atoms with Crippen LogP contribution in [0.1, 0.15) is 5.56 Å². The molecule has 1 heterocycles. The molecule has 6 nitrogen and oxygen atoms in total. The van der Waals surface area contributed by atoms with Gasteiger partial charge in [0.2, 0.25) is 11.9 Å². The molecule has 0 aliphatic carbocycles. The number of carbonyl (C=O) groups excluding carboxylic acids is 1. The number of hydrogen-bond donors (Lipinski definition) is 2. The van der Waals surface area contributed by atoms with Gasteiger partial charge in [-0.1, -0.05) is 30.3 Å². The molecule has 0 saturated carbocycles. The Morgan fingerprint density at radius 1 is 1.43 bits per heavy atom. The summed E-state index contributed by atoms with van der Waals surface area (Å²) in [7, 11) is 1.50. The lowest BCUT2D eigenvalue weighted by Gasteiger charge is -2.12. The van der Waals surface area contributed by atoms with Gasteiger partial charge in [-0.05, 0) is 5.56 Å². The number of hydrogen-bond acceptors (Lipinski definition) is 4. The fourth-order valence-electron chi connectivity index (χ4n) is 1.80. The van der Waals surface area contributed by atoms with E-state index in [1.54, 1.807) is 6.20 Å². The topological polar surface area (TPSA) is 82.2 Å². The summed E-state index contributed by atoms with van der Waals surface area (Å²) < 4.78 is 6.71. The maximum absolute atomic E-state index is 11.8. The van der Waals surface area contributed by atoms with Crippen molar-refractivity contribution in [3.8, 4) is 0 Å². The van der Waals surface area contributed by atoms with Crippen LogP contribution in [0.4, 0.5) is 5.95 Å². The molecular weight excluding hydrogens is 292 g/mol. The van der Waals surface area contributed by atoms with Gasteiger partial charge in [-0.3, -0.25) is 10.1 Å². The Morgan fingerprint density at radius 2 is 2.14 bits per heavy atom. The Kier molecular flexibility index (Phi) is 6.87. The number of halogens is 1. The molecule has 0 aliphatic rings. The zero-order valence-electron chi connectivity index (χ0n) is 11.7. The average Bonchev–Trinajstić information content (AvgIpc) is 2.87. The number of benzene rings is 1. The molecule has 1 aromatic carbocycles. The predicted octanol–water partition coefficient (Wildman–Crippen LogP) is 1.27. The monoisotopic (exact) mass is 310 g/mol. The number of carbonyl (C=O) groups is 1. The molecule has 2 aromatic rings. The molecule has 0 bridgehead atoms. The zero-order valence-corrected chi connectivity index (χ0v) is 12.5. The van der Waals surface area contributed by atoms with Crippen LogP contribution in [0.3, 0.4) is 0 Å². The number of rotatable bonds is 6. The van der Waals surface area contributed by atoms with Gasteiger partial charge in [0, 0.05) is 19.5 Å². The predicted molar refractivity (Wildman–Crippen MR) is 83.5 cm³/mol. The first kappa shape index (κ1) is 17.2. The number of aromatic nitrogens is 2. The van der Waals surface area contributed by atoms with E-state index in [-0.39, 0.29) is 24.9 Å². The third-order valence-corrected chi connectivity index (χ3v) is 2.83. The van der Waals surface area contributed by atoms with Gasteiger partial charge < -0.3 is 15.0 Å². The van der Waals surface area contributed by atoms with Crippen molar-refractivity contribution in [3.05, 3.63) is 48.3 Å². The minimum Gasteiger partial charge on any atom is -0.383 e. The van der Waals surface area contributed by atoms with Crippen molar-refractivity contribution in [2.45, 2.75) is 12.6 Å². The number of amides is 1. The fraction of sp³-hybridized carbons (Fsp3) is 0.286. The third kappa shape index (κ3) is 4.86. The van der Waals surface area contributed by atoms with E-state index in [0.29, 0.717) is 12.5 Å². The number of nitrogens with zero attached hydrogens (tertiary/aromatic N) is 2. The summed E-state index contributed by atoms with van der Waals surface area (Å²) in [4.78, 5) is 16.0. The van der Waals surface area contributed by atoms with Crippen molar-refractivity contribution in [2.75, 3.05) is 19.0 Å². The Morgan fingerprint density at radius 3 is 2.81 bits per heavy atom. The smallest absolute Gasteiger partial charge is 0.245 e. The molecule has 0 saturated heterocycles. The van der Waals surface area contributed by atoms with Crippen molar-refractivity contribution in [1.29, 1.82) is 0 Å². The summed E-state index contributed by atoms with van der Waals surface area (Å²) in [6.45, 7) is 0.807. The molecule has 21 heavy (non-hydrogen) atoms. The molecule has 0 radical (unpaired) electrons. The maximum Gasteiger partial charge on any atom is 0.245 e. The summed E-state index contributed by atoms with van der Waals surface area (Å²) in [5.74, 6) is 0.165. The quantitative estimate of drug-likeness (QED) is 0.841. The standard InChI is InChI=1S/C14H18N4O2.ClH/c1-20-10-12(15)13(19)17-14-16-7-8-18(14)9-11-5-3-2-4-6-11;/h2-8,12H,9-10,15H2,1H3,(H,16,17,19);1H. The van der Waals surface area contributed by atoms with Gasteiger partial charge in [-0.25, -0.2) is 4.98 Å². The number of nitrogens with two attached hydrogens (primary N) is 1. The van der Waals surface area contributed by atoms with Gasteiger partial charge in [-0.15, -0.1) is 12.4 Å². The summed E-state index contributed by atoms with van der Waals surface area (Å²) in [5.41, 5.74) is 6.80. The number of nitrogens with one attached hydrogen (secondary N) is 1. The van der Waals surface area contributed by atoms with Crippen LogP contribution in [0.5, 0.6) is 0 Å². The van der Waals surface area contributed by atoms with Crippen molar-refractivity contribution in [1.82, 2.24) is 9.55 Å². The molecule has 0 spiro atoms. The first-order valence-electron chi connectivity index (χ1n) is 6.31. The minimum absolute atomic E-state index is 0. The highest BCUT2D eigenvalue weighted by Crippen LogP contribution is 2.09. The van der Waals surface area contributed by atoms with Crippen LogP contribution in [-0.2, 0) is 16.1 Å². The molecule has 3 N–H and O–H groups in total. The second kappa shape index (κ2) is 8.41. The molecule has 0 aliphatic heterocycles. The summed E-state index contributed by atoms with van der Waals surface area (Å²) >= 11 is 0. The molecule has 1 amide bonds. The van der Waals surface area contributed by atoms with E-state index in [1.807, 2.05) is 41.1 Å². The number of ether oxygens (including phenoxy) is 1. The summed E-state index contributed by atoms with van der Waals surface area (Å²) in [6, 6.07) is 9.23. The van der Waals surface area contributed by atoms with E-state index in [1.165, 1.54) is 7.11 Å². The second-order valence-corrected chi connectivity index (χ2v) is 4.42. The van der Waals surface area contributed by atoms with E-state index < -0.39 is 6.04 Å². The molecule has 1 unspecified atom stereocenters. The highest BCUT2D eigenvalue weighted by molar-refractivity contribution is 5.93. The Hall–Kier alpha value is -1.89. The van der Waals surface area contributed by atoms with Crippen LogP contribution in [0.15, 0.2) is 42.7 Å². The van der Waals surface area contributed by atoms with Crippen LogP contribution < -0.4 is 11.1 Å². The van der Waals surface area contributed by atoms with E-state index in [9.17, 15) is 4.79 Å². The minimum atomic E-state index is -0.707. The number of anilines is 1. The van der Waals surface area contributed by atoms with Gasteiger partial charge in [0.15, 0.2) is 0 Å². The molecule has 114 valence electrons. The van der Waals surface area contributed by atoms with Gasteiger partial charge in [0.05, 0.1) is 13.2 Å². The van der Waals surface area contributed by atoms with Gasteiger partial charge in [-0.2, -0.15) is 0 Å². The Balaban J connectivity index is 0.00000220. The van der Waals surface area contributed by atoms with Crippen LogP contribution in [-0.4, -0.2) is 35.2 Å². The summed E-state index contributed by atoms with van der Waals surface area (Å²) in [5, 5.41) is 2.70. The first-order valence-corrected chi connectivity index (χ1v) is 6.31. The molecule has 1 aromatic heterocycles. The molecule has 7 heteroatoms. The molecular formula is C14H19ClN4O2. The van der Waals surface area contributed by atoms with E-state index in [2.05, 4.69) is 10.3 Å². The van der Waals surface area contributed by atoms with Crippen molar-refractivity contribution in [3.63, 3.8) is 0 Å². The van der Waals surface area contributed by atoms with Crippen molar-refractivity contribution in [2.24, 2.45) is 5.73 Å². The Labute approximate surface area is 129 Å².